The van der Waals surface area contributed by atoms with Crippen LogP contribution in [0.2, 0.25) is 0 Å². The van der Waals surface area contributed by atoms with Crippen molar-refractivity contribution >= 4 is 5.78 Å². The third-order valence-electron chi connectivity index (χ3n) is 2.54. The van der Waals surface area contributed by atoms with Crippen molar-refractivity contribution in [3.8, 4) is 11.5 Å². The molecule has 13 heavy (non-hydrogen) atoms. The number of carbonyl (C=O) groups excluding carboxylic acids is 1. The molecule has 1 aromatic rings. The topological polar surface area (TPSA) is 35.5 Å². The van der Waals surface area contributed by atoms with Crippen molar-refractivity contribution in [3.63, 3.8) is 0 Å². The molecule has 0 N–H and O–H groups in total. The van der Waals surface area contributed by atoms with Gasteiger partial charge in [0, 0.05) is 17.5 Å². The van der Waals surface area contributed by atoms with Crippen LogP contribution < -0.4 is 9.47 Å². The summed E-state index contributed by atoms with van der Waals surface area (Å²) < 4.78 is 10.5. The first-order valence-corrected chi connectivity index (χ1v) is 4.31. The Bertz CT molecular complexity index is 395. The van der Waals surface area contributed by atoms with E-state index in [0.29, 0.717) is 6.42 Å². The van der Waals surface area contributed by atoms with Gasteiger partial charge in [-0.1, -0.05) is 0 Å². The third kappa shape index (κ3) is 0.813. The number of carbonyl (C=O) groups is 1. The molecule has 2 aliphatic rings. The Morgan fingerprint density at radius 1 is 1.15 bits per heavy atom. The second-order valence-corrected chi connectivity index (χ2v) is 3.25. The van der Waals surface area contributed by atoms with Crippen molar-refractivity contribution < 1.29 is 14.3 Å². The number of fused-ring (bicyclic) bond motifs is 3. The average Bonchev–Trinajstić information content (AvgIpc) is 2.70. The molecule has 0 atom stereocenters. The van der Waals surface area contributed by atoms with Crippen LogP contribution in [-0.2, 0) is 6.42 Å². The first-order valence-electron chi connectivity index (χ1n) is 4.31. The standard InChI is InChI=1S/C10H8O3/c11-8-3-1-7-6(8)2-4-9-10(7)13-5-12-9/h2,4H,1,3,5H2. The number of hydrogen-bond acceptors (Lipinski definition) is 3. The first kappa shape index (κ1) is 6.95. The van der Waals surface area contributed by atoms with E-state index in [4.69, 9.17) is 9.47 Å². The lowest BCUT2D eigenvalue weighted by atomic mass is 10.1. The van der Waals surface area contributed by atoms with Gasteiger partial charge in [-0.15, -0.1) is 0 Å². The molecule has 0 amide bonds. The second kappa shape index (κ2) is 2.25. The molecule has 0 radical (unpaired) electrons. The summed E-state index contributed by atoms with van der Waals surface area (Å²) in [7, 11) is 0. The number of Topliss-reactive ketones (excluding diaryl/α,β-unsaturated/α-hetero) is 1. The minimum atomic E-state index is 0.216. The molecule has 0 saturated carbocycles. The minimum absolute atomic E-state index is 0.216. The van der Waals surface area contributed by atoms with Crippen LogP contribution in [-0.4, -0.2) is 12.6 Å². The van der Waals surface area contributed by atoms with E-state index in [1.807, 2.05) is 12.1 Å². The van der Waals surface area contributed by atoms with Gasteiger partial charge in [0.15, 0.2) is 17.3 Å². The summed E-state index contributed by atoms with van der Waals surface area (Å²) in [5.41, 5.74) is 1.84. The maximum atomic E-state index is 11.4. The van der Waals surface area contributed by atoms with Gasteiger partial charge in [0.05, 0.1) is 0 Å². The molecule has 0 unspecified atom stereocenters. The fraction of sp³-hybridized carbons (Fsp3) is 0.300. The number of benzene rings is 1. The normalized spacial score (nSPS) is 17.7. The molecule has 0 spiro atoms. The number of rotatable bonds is 0. The molecular weight excluding hydrogens is 168 g/mol. The highest BCUT2D eigenvalue weighted by molar-refractivity contribution is 6.01. The zero-order valence-corrected chi connectivity index (χ0v) is 7.00. The van der Waals surface area contributed by atoms with Gasteiger partial charge in [-0.2, -0.15) is 0 Å². The monoisotopic (exact) mass is 176 g/mol. The molecule has 1 aromatic carbocycles. The average molecular weight is 176 g/mol. The van der Waals surface area contributed by atoms with Gasteiger partial charge in [0.25, 0.3) is 0 Å². The molecule has 0 aromatic heterocycles. The summed E-state index contributed by atoms with van der Waals surface area (Å²) in [4.78, 5) is 11.4. The molecule has 1 heterocycles. The third-order valence-corrected chi connectivity index (χ3v) is 2.54. The molecule has 1 aliphatic carbocycles. The van der Waals surface area contributed by atoms with Crippen LogP contribution >= 0.6 is 0 Å². The fourth-order valence-corrected chi connectivity index (χ4v) is 1.91. The van der Waals surface area contributed by atoms with Crippen molar-refractivity contribution in [2.45, 2.75) is 12.8 Å². The highest BCUT2D eigenvalue weighted by Gasteiger charge is 2.27. The van der Waals surface area contributed by atoms with Crippen molar-refractivity contribution in [1.82, 2.24) is 0 Å². The van der Waals surface area contributed by atoms with Crippen LogP contribution in [0, 0.1) is 0 Å². The lowest BCUT2D eigenvalue weighted by molar-refractivity contribution is 0.0994. The summed E-state index contributed by atoms with van der Waals surface area (Å²) in [5.74, 6) is 1.77. The summed E-state index contributed by atoms with van der Waals surface area (Å²) >= 11 is 0. The Kier molecular flexibility index (Phi) is 1.20. The Labute approximate surface area is 75.3 Å². The Morgan fingerprint density at radius 2 is 2.08 bits per heavy atom. The van der Waals surface area contributed by atoms with Gasteiger partial charge < -0.3 is 9.47 Å². The van der Waals surface area contributed by atoms with Crippen molar-refractivity contribution in [2.75, 3.05) is 6.79 Å². The van der Waals surface area contributed by atoms with Crippen molar-refractivity contribution in [3.05, 3.63) is 23.3 Å². The summed E-state index contributed by atoms with van der Waals surface area (Å²) in [6.45, 7) is 0.278. The SMILES string of the molecule is O=C1CCc2c1ccc1c2OCO1. The number of hydrogen-bond donors (Lipinski definition) is 0. The predicted molar refractivity (Wildman–Crippen MR) is 45.2 cm³/mol. The predicted octanol–water partition coefficient (Wildman–Crippen LogP) is 1.54. The molecule has 0 fully saturated rings. The van der Waals surface area contributed by atoms with Crippen LogP contribution in [0.15, 0.2) is 12.1 Å². The summed E-state index contributed by atoms with van der Waals surface area (Å²) in [6.07, 6.45) is 1.40. The molecule has 0 saturated heterocycles. The molecule has 3 nitrogen and oxygen atoms in total. The highest BCUT2D eigenvalue weighted by Crippen LogP contribution is 2.40. The first-order chi connectivity index (χ1) is 6.36. The largest absolute Gasteiger partial charge is 0.454 e. The lowest BCUT2D eigenvalue weighted by Gasteiger charge is -2.01. The maximum Gasteiger partial charge on any atom is 0.231 e. The van der Waals surface area contributed by atoms with Crippen LogP contribution in [0.1, 0.15) is 22.3 Å². The van der Waals surface area contributed by atoms with E-state index < -0.39 is 0 Å². The molecule has 0 bridgehead atoms. The lowest BCUT2D eigenvalue weighted by Crippen LogP contribution is -1.94. The minimum Gasteiger partial charge on any atom is -0.454 e. The molecule has 3 heteroatoms. The zero-order chi connectivity index (χ0) is 8.84. The zero-order valence-electron chi connectivity index (χ0n) is 7.00. The van der Waals surface area contributed by atoms with Gasteiger partial charge >= 0.3 is 0 Å². The Morgan fingerprint density at radius 3 is 3.00 bits per heavy atom. The Hall–Kier alpha value is -1.51. The second-order valence-electron chi connectivity index (χ2n) is 3.25. The van der Waals surface area contributed by atoms with Crippen molar-refractivity contribution in [2.24, 2.45) is 0 Å². The quantitative estimate of drug-likeness (QED) is 0.601. The van der Waals surface area contributed by atoms with Crippen LogP contribution in [0.5, 0.6) is 11.5 Å². The van der Waals surface area contributed by atoms with Gasteiger partial charge in [-0.25, -0.2) is 0 Å². The Balaban J connectivity index is 2.26. The number of ketones is 1. The van der Waals surface area contributed by atoms with E-state index in [0.717, 1.165) is 29.0 Å². The van der Waals surface area contributed by atoms with E-state index in [-0.39, 0.29) is 12.6 Å². The van der Waals surface area contributed by atoms with Gasteiger partial charge in [0.2, 0.25) is 6.79 Å². The molecule has 1 aliphatic heterocycles. The molecular formula is C10H8O3. The van der Waals surface area contributed by atoms with E-state index in [2.05, 4.69) is 0 Å². The van der Waals surface area contributed by atoms with Crippen LogP contribution in [0.25, 0.3) is 0 Å². The van der Waals surface area contributed by atoms with E-state index in [1.54, 1.807) is 0 Å². The smallest absolute Gasteiger partial charge is 0.231 e. The van der Waals surface area contributed by atoms with E-state index in [9.17, 15) is 4.79 Å². The highest BCUT2D eigenvalue weighted by atomic mass is 16.7. The van der Waals surface area contributed by atoms with Gasteiger partial charge in [-0.3, -0.25) is 4.79 Å². The van der Waals surface area contributed by atoms with Crippen LogP contribution in [0.3, 0.4) is 0 Å². The van der Waals surface area contributed by atoms with E-state index in [1.165, 1.54) is 0 Å². The molecule has 66 valence electrons. The van der Waals surface area contributed by atoms with Gasteiger partial charge in [-0.05, 0) is 18.6 Å². The number of ether oxygens (including phenoxy) is 2. The van der Waals surface area contributed by atoms with Crippen LogP contribution in [0.4, 0.5) is 0 Å². The summed E-state index contributed by atoms with van der Waals surface area (Å²) in [5, 5.41) is 0. The van der Waals surface area contributed by atoms with Gasteiger partial charge in [0.1, 0.15) is 0 Å². The van der Waals surface area contributed by atoms with Crippen molar-refractivity contribution in [1.29, 1.82) is 0 Å². The maximum absolute atomic E-state index is 11.4. The summed E-state index contributed by atoms with van der Waals surface area (Å²) in [6, 6.07) is 3.64. The molecule has 3 rings (SSSR count). The fourth-order valence-electron chi connectivity index (χ4n) is 1.91. The van der Waals surface area contributed by atoms with E-state index >= 15 is 0 Å².